The van der Waals surface area contributed by atoms with Gasteiger partial charge >= 0.3 is 0 Å². The molecule has 0 saturated carbocycles. The third-order valence-corrected chi connectivity index (χ3v) is 1.86. The zero-order valence-corrected chi connectivity index (χ0v) is 8.68. The molecular weight excluding hydrogens is 206 g/mol. The van der Waals surface area contributed by atoms with Crippen molar-refractivity contribution in [2.24, 2.45) is 0 Å². The zero-order valence-electron chi connectivity index (χ0n) is 7.92. The summed E-state index contributed by atoms with van der Waals surface area (Å²) in [6.45, 7) is 3.02. The molecule has 1 aromatic heterocycles. The summed E-state index contributed by atoms with van der Waals surface area (Å²) in [5, 5.41) is 19.0. The highest BCUT2D eigenvalue weighted by atomic mass is 35.5. The minimum Gasteiger partial charge on any atom is -0.374 e. The topological polar surface area (TPSA) is 69.5 Å². The number of hydrogen-bond donors (Lipinski definition) is 2. The first kappa shape index (κ1) is 11.2. The largest absolute Gasteiger partial charge is 0.374 e. The third-order valence-electron chi connectivity index (χ3n) is 1.64. The summed E-state index contributed by atoms with van der Waals surface area (Å²) in [7, 11) is 0. The molecule has 1 heterocycles. The first-order valence-electron chi connectivity index (χ1n) is 4.15. The van der Waals surface area contributed by atoms with Crippen LogP contribution in [0.25, 0.3) is 0 Å². The van der Waals surface area contributed by atoms with Crippen molar-refractivity contribution < 1.29 is 10.2 Å². The molecule has 1 aromatic rings. The van der Waals surface area contributed by atoms with E-state index in [0.29, 0.717) is 0 Å². The number of aromatic nitrogens is 2. The fourth-order valence-electron chi connectivity index (χ4n) is 1.10. The quantitative estimate of drug-likeness (QED) is 0.574. The highest BCUT2D eigenvalue weighted by Gasteiger charge is 2.19. The van der Waals surface area contributed by atoms with Crippen LogP contribution in [0.2, 0.25) is 5.15 Å². The van der Waals surface area contributed by atoms with Crippen LogP contribution in [0.15, 0.2) is 12.3 Å². The standard InChI is InChI=1S/C8H12ClN3O2/c1-5(13)12(6(2)14)8-10-4-3-7(9)11-8/h3-6,13-14H,1-2H3. The van der Waals surface area contributed by atoms with Crippen LogP contribution >= 0.6 is 11.6 Å². The molecule has 6 heteroatoms. The molecule has 2 unspecified atom stereocenters. The molecule has 0 aliphatic heterocycles. The smallest absolute Gasteiger partial charge is 0.230 e. The van der Waals surface area contributed by atoms with Crippen molar-refractivity contribution in [2.75, 3.05) is 4.90 Å². The van der Waals surface area contributed by atoms with Crippen molar-refractivity contribution in [3.63, 3.8) is 0 Å². The molecule has 2 atom stereocenters. The Labute approximate surface area is 87.0 Å². The predicted octanol–water partition coefficient (Wildman–Crippen LogP) is 0.613. The van der Waals surface area contributed by atoms with E-state index in [0.717, 1.165) is 0 Å². The summed E-state index contributed by atoms with van der Waals surface area (Å²) in [4.78, 5) is 9.01. The van der Waals surface area contributed by atoms with Gasteiger partial charge in [0.15, 0.2) is 0 Å². The highest BCUT2D eigenvalue weighted by molar-refractivity contribution is 6.29. The first-order chi connectivity index (χ1) is 6.52. The molecule has 0 aromatic carbocycles. The summed E-state index contributed by atoms with van der Waals surface area (Å²) < 4.78 is 0. The van der Waals surface area contributed by atoms with Crippen LogP contribution in [0, 0.1) is 0 Å². The van der Waals surface area contributed by atoms with Crippen molar-refractivity contribution >= 4 is 17.5 Å². The van der Waals surface area contributed by atoms with Crippen molar-refractivity contribution in [1.29, 1.82) is 0 Å². The Morgan fingerprint density at radius 1 is 1.36 bits per heavy atom. The maximum atomic E-state index is 9.37. The molecular formula is C8H12ClN3O2. The van der Waals surface area contributed by atoms with Gasteiger partial charge in [0.05, 0.1) is 0 Å². The lowest BCUT2D eigenvalue weighted by atomic mass is 10.4. The minimum absolute atomic E-state index is 0.197. The second-order valence-corrected chi connectivity index (χ2v) is 3.24. The number of rotatable bonds is 3. The number of nitrogens with zero attached hydrogens (tertiary/aromatic N) is 3. The molecule has 14 heavy (non-hydrogen) atoms. The molecule has 0 aliphatic carbocycles. The number of hydrogen-bond acceptors (Lipinski definition) is 5. The highest BCUT2D eigenvalue weighted by Crippen LogP contribution is 2.14. The van der Waals surface area contributed by atoms with Gasteiger partial charge in [0.2, 0.25) is 5.95 Å². The molecule has 0 fully saturated rings. The van der Waals surface area contributed by atoms with E-state index in [1.807, 2.05) is 0 Å². The van der Waals surface area contributed by atoms with Crippen LogP contribution in [0.3, 0.4) is 0 Å². The van der Waals surface area contributed by atoms with E-state index in [1.165, 1.54) is 31.0 Å². The molecule has 0 aliphatic rings. The number of anilines is 1. The number of aliphatic hydroxyl groups excluding tert-OH is 2. The summed E-state index contributed by atoms with van der Waals surface area (Å²) in [6.07, 6.45) is -0.301. The van der Waals surface area contributed by atoms with Crippen molar-refractivity contribution in [3.05, 3.63) is 17.4 Å². The monoisotopic (exact) mass is 217 g/mol. The van der Waals surface area contributed by atoms with Gasteiger partial charge in [-0.3, -0.25) is 4.90 Å². The first-order valence-corrected chi connectivity index (χ1v) is 4.53. The molecule has 0 saturated heterocycles. The predicted molar refractivity (Wildman–Crippen MR) is 52.9 cm³/mol. The maximum absolute atomic E-state index is 9.37. The Balaban J connectivity index is 2.99. The molecule has 1 rings (SSSR count). The van der Waals surface area contributed by atoms with E-state index in [4.69, 9.17) is 11.6 Å². The SMILES string of the molecule is CC(O)N(c1nccc(Cl)n1)C(C)O. The van der Waals surface area contributed by atoms with Gasteiger partial charge in [-0.1, -0.05) is 11.6 Å². The van der Waals surface area contributed by atoms with Crippen LogP contribution in [0.5, 0.6) is 0 Å². The maximum Gasteiger partial charge on any atom is 0.230 e. The Morgan fingerprint density at radius 2 is 1.93 bits per heavy atom. The molecule has 0 amide bonds. The third kappa shape index (κ3) is 2.54. The van der Waals surface area contributed by atoms with Crippen molar-refractivity contribution in [1.82, 2.24) is 9.97 Å². The summed E-state index contributed by atoms with van der Waals surface area (Å²) in [6, 6.07) is 1.52. The van der Waals surface area contributed by atoms with E-state index >= 15 is 0 Å². The summed E-state index contributed by atoms with van der Waals surface area (Å²) in [5.74, 6) is 0.197. The molecule has 2 N–H and O–H groups in total. The van der Waals surface area contributed by atoms with Gasteiger partial charge in [0.25, 0.3) is 0 Å². The normalized spacial score (nSPS) is 14.9. The summed E-state index contributed by atoms with van der Waals surface area (Å²) in [5.41, 5.74) is 0. The second-order valence-electron chi connectivity index (χ2n) is 2.85. The average Bonchev–Trinajstić information content (AvgIpc) is 2.02. The van der Waals surface area contributed by atoms with E-state index < -0.39 is 12.5 Å². The van der Waals surface area contributed by atoms with Gasteiger partial charge in [-0.25, -0.2) is 9.97 Å². The summed E-state index contributed by atoms with van der Waals surface area (Å²) >= 11 is 5.66. The number of aliphatic hydroxyl groups is 2. The fourth-order valence-corrected chi connectivity index (χ4v) is 1.23. The van der Waals surface area contributed by atoms with Gasteiger partial charge in [-0.2, -0.15) is 0 Å². The van der Waals surface area contributed by atoms with Gasteiger partial charge in [0.1, 0.15) is 17.6 Å². The minimum atomic E-state index is -0.881. The van der Waals surface area contributed by atoms with E-state index in [-0.39, 0.29) is 11.1 Å². The van der Waals surface area contributed by atoms with Gasteiger partial charge < -0.3 is 10.2 Å². The van der Waals surface area contributed by atoms with Crippen molar-refractivity contribution in [3.8, 4) is 0 Å². The van der Waals surface area contributed by atoms with E-state index in [2.05, 4.69) is 9.97 Å². The van der Waals surface area contributed by atoms with Gasteiger partial charge in [0, 0.05) is 6.20 Å². The van der Waals surface area contributed by atoms with Gasteiger partial charge in [-0.15, -0.1) is 0 Å². The van der Waals surface area contributed by atoms with Crippen LogP contribution in [-0.4, -0.2) is 32.6 Å². The molecule has 5 nitrogen and oxygen atoms in total. The lowest BCUT2D eigenvalue weighted by molar-refractivity contribution is 0.103. The average molecular weight is 218 g/mol. The van der Waals surface area contributed by atoms with Crippen molar-refractivity contribution in [2.45, 2.75) is 26.3 Å². The van der Waals surface area contributed by atoms with Crippen LogP contribution in [-0.2, 0) is 0 Å². The van der Waals surface area contributed by atoms with Crippen LogP contribution in [0.1, 0.15) is 13.8 Å². The molecule has 0 bridgehead atoms. The molecule has 78 valence electrons. The lowest BCUT2D eigenvalue weighted by Crippen LogP contribution is -2.41. The zero-order chi connectivity index (χ0) is 10.7. The van der Waals surface area contributed by atoms with E-state index in [1.54, 1.807) is 0 Å². The molecule has 0 radical (unpaired) electrons. The van der Waals surface area contributed by atoms with Crippen LogP contribution in [0.4, 0.5) is 5.95 Å². The van der Waals surface area contributed by atoms with Gasteiger partial charge in [-0.05, 0) is 19.9 Å². The Morgan fingerprint density at radius 3 is 2.36 bits per heavy atom. The van der Waals surface area contributed by atoms with E-state index in [9.17, 15) is 10.2 Å². The van der Waals surface area contributed by atoms with Crippen LogP contribution < -0.4 is 4.90 Å². The Hall–Kier alpha value is -0.910. The Bertz CT molecular complexity index is 298. The fraction of sp³-hybridized carbons (Fsp3) is 0.500. The molecule has 0 spiro atoms. The lowest BCUT2D eigenvalue weighted by Gasteiger charge is -2.27. The number of halogens is 1. The second kappa shape index (κ2) is 4.54. The Kier molecular flexibility index (Phi) is 3.62.